The average molecular weight is 267 g/mol. The van der Waals surface area contributed by atoms with Crippen molar-refractivity contribution < 1.29 is 13.2 Å². The average Bonchev–Trinajstić information content (AvgIpc) is 2.65. The SMILES string of the molecule is CCCCOCCn1cnc(S(=O)(=O)Cl)c1. The number of ether oxygens (including phenoxy) is 1. The Kier molecular flexibility index (Phi) is 5.24. The van der Waals surface area contributed by atoms with E-state index in [2.05, 4.69) is 11.9 Å². The van der Waals surface area contributed by atoms with E-state index in [0.717, 1.165) is 19.4 Å². The fourth-order valence-corrected chi connectivity index (χ4v) is 1.78. The van der Waals surface area contributed by atoms with Crippen molar-refractivity contribution in [3.8, 4) is 0 Å². The normalized spacial score (nSPS) is 11.9. The minimum atomic E-state index is -3.72. The zero-order chi connectivity index (χ0) is 12.0. The van der Waals surface area contributed by atoms with Gasteiger partial charge in [-0.3, -0.25) is 0 Å². The van der Waals surface area contributed by atoms with Crippen molar-refractivity contribution in [3.05, 3.63) is 12.5 Å². The summed E-state index contributed by atoms with van der Waals surface area (Å²) < 4.78 is 28.8. The van der Waals surface area contributed by atoms with Gasteiger partial charge in [0.05, 0.1) is 12.9 Å². The Morgan fingerprint density at radius 1 is 1.50 bits per heavy atom. The molecule has 0 bridgehead atoms. The van der Waals surface area contributed by atoms with Crippen LogP contribution in [0.2, 0.25) is 0 Å². The first kappa shape index (κ1) is 13.5. The van der Waals surface area contributed by atoms with Gasteiger partial charge in [0.2, 0.25) is 0 Å². The van der Waals surface area contributed by atoms with Gasteiger partial charge in [0.25, 0.3) is 9.05 Å². The largest absolute Gasteiger partial charge is 0.380 e. The van der Waals surface area contributed by atoms with Crippen molar-refractivity contribution in [2.24, 2.45) is 0 Å². The van der Waals surface area contributed by atoms with E-state index in [-0.39, 0.29) is 5.03 Å². The van der Waals surface area contributed by atoms with Gasteiger partial charge in [0, 0.05) is 30.0 Å². The molecule has 0 amide bonds. The topological polar surface area (TPSA) is 61.2 Å². The second-order valence-corrected chi connectivity index (χ2v) is 5.87. The first-order chi connectivity index (χ1) is 7.54. The molecular formula is C9H15ClN2O3S. The summed E-state index contributed by atoms with van der Waals surface area (Å²) >= 11 is 0. The summed E-state index contributed by atoms with van der Waals surface area (Å²) in [5.41, 5.74) is 0. The zero-order valence-corrected chi connectivity index (χ0v) is 10.7. The standard InChI is InChI=1S/C9H15ClN2O3S/c1-2-3-5-15-6-4-12-7-9(11-8-12)16(10,13)14/h7-8H,2-6H2,1H3. The van der Waals surface area contributed by atoms with Crippen LogP contribution in [0.15, 0.2) is 17.6 Å². The summed E-state index contributed by atoms with van der Waals surface area (Å²) in [5.74, 6) is 0. The fraction of sp³-hybridized carbons (Fsp3) is 0.667. The van der Waals surface area contributed by atoms with Crippen LogP contribution in [0.5, 0.6) is 0 Å². The molecule has 0 aromatic carbocycles. The fourth-order valence-electron chi connectivity index (χ4n) is 1.11. The van der Waals surface area contributed by atoms with Gasteiger partial charge in [-0.15, -0.1) is 0 Å². The molecule has 92 valence electrons. The molecule has 5 nitrogen and oxygen atoms in total. The van der Waals surface area contributed by atoms with Gasteiger partial charge in [-0.05, 0) is 6.42 Å². The van der Waals surface area contributed by atoms with Crippen LogP contribution in [0.25, 0.3) is 0 Å². The molecule has 0 saturated carbocycles. The third kappa shape index (κ3) is 4.51. The van der Waals surface area contributed by atoms with Crippen molar-refractivity contribution >= 4 is 19.7 Å². The summed E-state index contributed by atoms with van der Waals surface area (Å²) in [6.07, 6.45) is 4.95. The minimum absolute atomic E-state index is 0.122. The molecule has 7 heteroatoms. The molecule has 0 aliphatic carbocycles. The Bertz CT molecular complexity index is 416. The van der Waals surface area contributed by atoms with Crippen LogP contribution < -0.4 is 0 Å². The zero-order valence-electron chi connectivity index (χ0n) is 9.10. The monoisotopic (exact) mass is 266 g/mol. The van der Waals surface area contributed by atoms with Crippen LogP contribution in [-0.4, -0.2) is 31.2 Å². The maximum atomic E-state index is 10.9. The highest BCUT2D eigenvalue weighted by Gasteiger charge is 2.12. The summed E-state index contributed by atoms with van der Waals surface area (Å²) in [5, 5.41) is -0.122. The molecule has 0 spiro atoms. The highest BCUT2D eigenvalue weighted by molar-refractivity contribution is 8.13. The van der Waals surface area contributed by atoms with Crippen molar-refractivity contribution in [3.63, 3.8) is 0 Å². The quantitative estimate of drug-likeness (QED) is 0.556. The molecule has 0 aliphatic heterocycles. The molecule has 0 N–H and O–H groups in total. The summed E-state index contributed by atoms with van der Waals surface area (Å²) in [6.45, 7) is 3.93. The van der Waals surface area contributed by atoms with E-state index < -0.39 is 9.05 Å². The van der Waals surface area contributed by atoms with Crippen LogP contribution in [0.4, 0.5) is 0 Å². The molecule has 0 atom stereocenters. The number of unbranched alkanes of at least 4 members (excludes halogenated alkanes) is 1. The van der Waals surface area contributed by atoms with Crippen LogP contribution in [0.3, 0.4) is 0 Å². The van der Waals surface area contributed by atoms with Crippen LogP contribution in [0, 0.1) is 0 Å². The van der Waals surface area contributed by atoms with Gasteiger partial charge in [-0.2, -0.15) is 0 Å². The summed E-state index contributed by atoms with van der Waals surface area (Å²) in [7, 11) is 1.42. The molecule has 0 aliphatic rings. The first-order valence-corrected chi connectivity index (χ1v) is 7.39. The Hall–Kier alpha value is -0.590. The maximum absolute atomic E-state index is 10.9. The lowest BCUT2D eigenvalue weighted by Crippen LogP contribution is -2.05. The highest BCUT2D eigenvalue weighted by Crippen LogP contribution is 2.10. The number of hydrogen-bond acceptors (Lipinski definition) is 4. The van der Waals surface area contributed by atoms with E-state index in [4.69, 9.17) is 15.4 Å². The Labute approximate surface area is 99.8 Å². The van der Waals surface area contributed by atoms with Crippen molar-refractivity contribution in [2.45, 2.75) is 31.3 Å². The van der Waals surface area contributed by atoms with Crippen molar-refractivity contribution in [1.82, 2.24) is 9.55 Å². The molecule has 0 radical (unpaired) electrons. The number of hydrogen-bond donors (Lipinski definition) is 0. The molecule has 0 fully saturated rings. The number of nitrogens with zero attached hydrogens (tertiary/aromatic N) is 2. The lowest BCUT2D eigenvalue weighted by molar-refractivity contribution is 0.123. The third-order valence-corrected chi connectivity index (χ3v) is 3.18. The molecule has 0 saturated heterocycles. The Morgan fingerprint density at radius 2 is 2.25 bits per heavy atom. The van der Waals surface area contributed by atoms with E-state index in [0.29, 0.717) is 13.2 Å². The van der Waals surface area contributed by atoms with Gasteiger partial charge < -0.3 is 9.30 Å². The molecule has 1 aromatic heterocycles. The van der Waals surface area contributed by atoms with Gasteiger partial charge >= 0.3 is 0 Å². The number of imidazole rings is 1. The first-order valence-electron chi connectivity index (χ1n) is 5.08. The van der Waals surface area contributed by atoms with Gasteiger partial charge in [0.1, 0.15) is 0 Å². The van der Waals surface area contributed by atoms with Gasteiger partial charge in [-0.1, -0.05) is 13.3 Å². The van der Waals surface area contributed by atoms with E-state index in [1.807, 2.05) is 0 Å². The second kappa shape index (κ2) is 6.22. The van der Waals surface area contributed by atoms with E-state index in [1.165, 1.54) is 12.5 Å². The smallest absolute Gasteiger partial charge is 0.280 e. The van der Waals surface area contributed by atoms with E-state index >= 15 is 0 Å². The van der Waals surface area contributed by atoms with Crippen LogP contribution in [-0.2, 0) is 20.3 Å². The highest BCUT2D eigenvalue weighted by atomic mass is 35.7. The molecule has 16 heavy (non-hydrogen) atoms. The molecule has 0 unspecified atom stereocenters. The number of aromatic nitrogens is 2. The van der Waals surface area contributed by atoms with E-state index in [9.17, 15) is 8.42 Å². The molecule has 1 aromatic rings. The second-order valence-electron chi connectivity index (χ2n) is 3.35. The number of rotatable bonds is 7. The maximum Gasteiger partial charge on any atom is 0.280 e. The molecule has 1 heterocycles. The van der Waals surface area contributed by atoms with Gasteiger partial charge in [0.15, 0.2) is 5.03 Å². The predicted molar refractivity (Wildman–Crippen MR) is 61.0 cm³/mol. The summed E-state index contributed by atoms with van der Waals surface area (Å²) in [6, 6.07) is 0. The third-order valence-electron chi connectivity index (χ3n) is 2.00. The van der Waals surface area contributed by atoms with Crippen LogP contribution >= 0.6 is 10.7 Å². The molecule has 1 rings (SSSR count). The van der Waals surface area contributed by atoms with Crippen molar-refractivity contribution in [1.29, 1.82) is 0 Å². The minimum Gasteiger partial charge on any atom is -0.380 e. The Balaban J connectivity index is 2.36. The Morgan fingerprint density at radius 3 is 2.81 bits per heavy atom. The summed E-state index contributed by atoms with van der Waals surface area (Å²) in [4.78, 5) is 3.69. The van der Waals surface area contributed by atoms with E-state index in [1.54, 1.807) is 4.57 Å². The lowest BCUT2D eigenvalue weighted by atomic mass is 10.4. The molecular weight excluding hydrogens is 252 g/mol. The lowest BCUT2D eigenvalue weighted by Gasteiger charge is -2.03. The van der Waals surface area contributed by atoms with Crippen LogP contribution in [0.1, 0.15) is 19.8 Å². The van der Waals surface area contributed by atoms with Gasteiger partial charge in [-0.25, -0.2) is 13.4 Å². The predicted octanol–water partition coefficient (Wildman–Crippen LogP) is 1.63. The van der Waals surface area contributed by atoms with Crippen molar-refractivity contribution in [2.75, 3.05) is 13.2 Å². The number of halogens is 1.